The first-order valence-corrected chi connectivity index (χ1v) is 5.49. The van der Waals surface area contributed by atoms with E-state index in [0.29, 0.717) is 6.10 Å². The Bertz CT molecular complexity index is 318. The van der Waals surface area contributed by atoms with E-state index in [1.165, 1.54) is 12.8 Å². The van der Waals surface area contributed by atoms with E-state index in [4.69, 9.17) is 4.74 Å². The zero-order chi connectivity index (χ0) is 9.97. The molecule has 0 aliphatic heterocycles. The number of aryl methyl sites for hydroxylation is 2. The van der Waals surface area contributed by atoms with Gasteiger partial charge >= 0.3 is 0 Å². The molecular weight excluding hydrogens is 174 g/mol. The van der Waals surface area contributed by atoms with Crippen LogP contribution in [0.2, 0.25) is 0 Å². The lowest BCUT2D eigenvalue weighted by Crippen LogP contribution is -2.02. The van der Waals surface area contributed by atoms with Crippen LogP contribution in [0.5, 0.6) is 5.75 Å². The van der Waals surface area contributed by atoms with Gasteiger partial charge in [-0.05, 0) is 37.8 Å². The van der Waals surface area contributed by atoms with Gasteiger partial charge in [-0.2, -0.15) is 0 Å². The Morgan fingerprint density at radius 3 is 2.64 bits per heavy atom. The summed E-state index contributed by atoms with van der Waals surface area (Å²) < 4.78 is 5.78. The number of nitrogens with zero attached hydrogens (tertiary/aromatic N) is 1. The molecule has 1 aliphatic carbocycles. The molecule has 1 saturated carbocycles. The molecule has 0 atom stereocenters. The third kappa shape index (κ3) is 2.06. The normalized spacial score (nSPS) is 15.6. The first-order chi connectivity index (χ1) is 6.83. The molecule has 14 heavy (non-hydrogen) atoms. The van der Waals surface area contributed by atoms with Crippen molar-refractivity contribution >= 4 is 0 Å². The third-order valence-electron chi connectivity index (χ3n) is 2.51. The van der Waals surface area contributed by atoms with Gasteiger partial charge < -0.3 is 4.74 Å². The van der Waals surface area contributed by atoms with Gasteiger partial charge in [0.05, 0.1) is 11.8 Å². The van der Waals surface area contributed by atoms with E-state index in [9.17, 15) is 0 Å². The molecule has 2 nitrogen and oxygen atoms in total. The van der Waals surface area contributed by atoms with Gasteiger partial charge in [-0.1, -0.05) is 13.8 Å². The van der Waals surface area contributed by atoms with Crippen molar-refractivity contribution in [3.8, 4) is 5.75 Å². The van der Waals surface area contributed by atoms with Crippen molar-refractivity contribution in [2.45, 2.75) is 45.6 Å². The maximum Gasteiger partial charge on any atom is 0.141 e. The van der Waals surface area contributed by atoms with Crippen molar-refractivity contribution in [1.29, 1.82) is 0 Å². The van der Waals surface area contributed by atoms with E-state index < -0.39 is 0 Å². The third-order valence-corrected chi connectivity index (χ3v) is 2.51. The van der Waals surface area contributed by atoms with E-state index in [0.717, 1.165) is 30.0 Å². The summed E-state index contributed by atoms with van der Waals surface area (Å²) in [7, 11) is 0. The Hall–Kier alpha value is -1.05. The molecule has 1 heterocycles. The zero-order valence-electron chi connectivity index (χ0n) is 8.92. The Balaban J connectivity index is 2.19. The largest absolute Gasteiger partial charge is 0.489 e. The van der Waals surface area contributed by atoms with Crippen LogP contribution in [0.1, 0.15) is 38.1 Å². The maximum absolute atomic E-state index is 5.78. The number of hydrogen-bond donors (Lipinski definition) is 0. The average molecular weight is 191 g/mol. The minimum atomic E-state index is 0.467. The van der Waals surface area contributed by atoms with Crippen LogP contribution in [0.3, 0.4) is 0 Å². The standard InChI is InChI=1S/C12H17NO/c1-3-9-5-8-12(11(4-2)13-9)14-10-6-7-10/h5,8,10H,3-4,6-7H2,1-2H3. The highest BCUT2D eigenvalue weighted by molar-refractivity contribution is 5.30. The lowest BCUT2D eigenvalue weighted by molar-refractivity contribution is 0.298. The second-order valence-corrected chi connectivity index (χ2v) is 3.77. The molecule has 0 saturated heterocycles. The van der Waals surface area contributed by atoms with Crippen LogP contribution in [0, 0.1) is 0 Å². The average Bonchev–Trinajstić information content (AvgIpc) is 3.02. The Labute approximate surface area is 85.3 Å². The summed E-state index contributed by atoms with van der Waals surface area (Å²) in [4.78, 5) is 4.57. The van der Waals surface area contributed by atoms with Crippen LogP contribution in [0.25, 0.3) is 0 Å². The van der Waals surface area contributed by atoms with Gasteiger partial charge in [0, 0.05) is 5.69 Å². The van der Waals surface area contributed by atoms with Gasteiger partial charge in [-0.25, -0.2) is 0 Å². The molecule has 0 unspecified atom stereocenters. The van der Waals surface area contributed by atoms with Gasteiger partial charge in [0.15, 0.2) is 0 Å². The van der Waals surface area contributed by atoms with Gasteiger partial charge in [0.2, 0.25) is 0 Å². The fraction of sp³-hybridized carbons (Fsp3) is 0.583. The van der Waals surface area contributed by atoms with E-state index in [1.807, 2.05) is 0 Å². The zero-order valence-corrected chi connectivity index (χ0v) is 8.92. The lowest BCUT2D eigenvalue weighted by Gasteiger charge is -2.09. The molecule has 0 N–H and O–H groups in total. The molecule has 1 aromatic rings. The van der Waals surface area contributed by atoms with Crippen LogP contribution in [0.4, 0.5) is 0 Å². The fourth-order valence-corrected chi connectivity index (χ4v) is 1.46. The predicted molar refractivity (Wildman–Crippen MR) is 56.6 cm³/mol. The number of pyridine rings is 1. The molecule has 0 bridgehead atoms. The summed E-state index contributed by atoms with van der Waals surface area (Å²) in [5.74, 6) is 0.993. The Morgan fingerprint density at radius 1 is 1.29 bits per heavy atom. The quantitative estimate of drug-likeness (QED) is 0.730. The monoisotopic (exact) mass is 191 g/mol. The topological polar surface area (TPSA) is 22.1 Å². The summed E-state index contributed by atoms with van der Waals surface area (Å²) in [5, 5.41) is 0. The maximum atomic E-state index is 5.78. The minimum Gasteiger partial charge on any atom is -0.489 e. The van der Waals surface area contributed by atoms with E-state index in [2.05, 4.69) is 31.0 Å². The van der Waals surface area contributed by atoms with Crippen molar-refractivity contribution in [2.24, 2.45) is 0 Å². The Morgan fingerprint density at radius 2 is 2.07 bits per heavy atom. The van der Waals surface area contributed by atoms with E-state index >= 15 is 0 Å². The van der Waals surface area contributed by atoms with Gasteiger partial charge in [-0.15, -0.1) is 0 Å². The van der Waals surface area contributed by atoms with Crippen LogP contribution in [0.15, 0.2) is 12.1 Å². The van der Waals surface area contributed by atoms with E-state index in [1.54, 1.807) is 0 Å². The van der Waals surface area contributed by atoms with Crippen molar-refractivity contribution in [1.82, 2.24) is 4.98 Å². The number of hydrogen-bond acceptors (Lipinski definition) is 2. The molecule has 1 fully saturated rings. The van der Waals surface area contributed by atoms with Crippen LogP contribution in [-0.2, 0) is 12.8 Å². The molecule has 0 spiro atoms. The number of rotatable bonds is 4. The van der Waals surface area contributed by atoms with Gasteiger partial charge in [0.1, 0.15) is 5.75 Å². The molecule has 0 radical (unpaired) electrons. The van der Waals surface area contributed by atoms with Crippen molar-refractivity contribution < 1.29 is 4.74 Å². The van der Waals surface area contributed by atoms with Crippen molar-refractivity contribution in [2.75, 3.05) is 0 Å². The van der Waals surface area contributed by atoms with Crippen molar-refractivity contribution in [3.63, 3.8) is 0 Å². The molecule has 0 amide bonds. The molecule has 2 rings (SSSR count). The molecule has 1 aliphatic rings. The molecule has 0 aromatic carbocycles. The first kappa shape index (κ1) is 9.50. The summed E-state index contributed by atoms with van der Waals surface area (Å²) in [6, 6.07) is 4.14. The molecule has 1 aromatic heterocycles. The summed E-state index contributed by atoms with van der Waals surface area (Å²) in [6.07, 6.45) is 4.83. The smallest absolute Gasteiger partial charge is 0.141 e. The number of ether oxygens (including phenoxy) is 1. The summed E-state index contributed by atoms with van der Waals surface area (Å²) in [5.41, 5.74) is 2.27. The summed E-state index contributed by atoms with van der Waals surface area (Å²) >= 11 is 0. The van der Waals surface area contributed by atoms with Crippen LogP contribution >= 0.6 is 0 Å². The second-order valence-electron chi connectivity index (χ2n) is 3.77. The van der Waals surface area contributed by atoms with Gasteiger partial charge in [-0.3, -0.25) is 4.98 Å². The van der Waals surface area contributed by atoms with E-state index in [-0.39, 0.29) is 0 Å². The number of aromatic nitrogens is 1. The predicted octanol–water partition coefficient (Wildman–Crippen LogP) is 2.75. The highest BCUT2D eigenvalue weighted by Gasteiger charge is 2.24. The fourth-order valence-electron chi connectivity index (χ4n) is 1.46. The Kier molecular flexibility index (Phi) is 2.71. The highest BCUT2D eigenvalue weighted by atomic mass is 16.5. The van der Waals surface area contributed by atoms with Crippen LogP contribution in [-0.4, -0.2) is 11.1 Å². The highest BCUT2D eigenvalue weighted by Crippen LogP contribution is 2.28. The SMILES string of the molecule is CCc1ccc(OC2CC2)c(CC)n1. The van der Waals surface area contributed by atoms with Crippen molar-refractivity contribution in [3.05, 3.63) is 23.5 Å². The molecular formula is C12H17NO. The molecule has 76 valence electrons. The summed E-state index contributed by atoms with van der Waals surface area (Å²) in [6.45, 7) is 4.25. The first-order valence-electron chi connectivity index (χ1n) is 5.49. The lowest BCUT2D eigenvalue weighted by atomic mass is 10.2. The van der Waals surface area contributed by atoms with Crippen LogP contribution < -0.4 is 4.74 Å². The molecule has 2 heteroatoms. The minimum absolute atomic E-state index is 0.467. The second kappa shape index (κ2) is 3.99. The van der Waals surface area contributed by atoms with Gasteiger partial charge in [0.25, 0.3) is 0 Å².